The van der Waals surface area contributed by atoms with Crippen LogP contribution in [-0.2, 0) is 4.79 Å². The number of benzene rings is 1. The van der Waals surface area contributed by atoms with Gasteiger partial charge in [-0.05, 0) is 24.6 Å². The van der Waals surface area contributed by atoms with E-state index < -0.39 is 22.4 Å². The zero-order valence-electron chi connectivity index (χ0n) is 8.31. The van der Waals surface area contributed by atoms with Crippen molar-refractivity contribution in [3.8, 4) is 0 Å². The van der Waals surface area contributed by atoms with Crippen molar-refractivity contribution in [1.82, 2.24) is 0 Å². The average Bonchev–Trinajstić information content (AvgIpc) is 2.18. The molecule has 0 aromatic heterocycles. The highest BCUT2D eigenvalue weighted by Crippen LogP contribution is 2.26. The first kappa shape index (κ1) is 11.8. The van der Waals surface area contributed by atoms with Crippen LogP contribution in [0.2, 0.25) is 0 Å². The van der Waals surface area contributed by atoms with Crippen molar-refractivity contribution in [2.75, 3.05) is 0 Å². The van der Waals surface area contributed by atoms with Gasteiger partial charge in [0.1, 0.15) is 0 Å². The number of hydrogen-bond donors (Lipinski definition) is 1. The highest BCUT2D eigenvalue weighted by molar-refractivity contribution is 5.86. The third kappa shape index (κ3) is 2.41. The number of nitro groups is 1. The maximum Gasteiger partial charge on any atom is 0.328 e. The molecule has 6 heteroatoms. The summed E-state index contributed by atoms with van der Waals surface area (Å²) >= 11 is 0. The molecule has 0 unspecified atom stereocenters. The van der Waals surface area contributed by atoms with E-state index in [1.165, 1.54) is 13.0 Å². The van der Waals surface area contributed by atoms with Crippen molar-refractivity contribution >= 4 is 17.7 Å². The van der Waals surface area contributed by atoms with Crippen LogP contribution in [0.15, 0.2) is 18.2 Å². The summed E-state index contributed by atoms with van der Waals surface area (Å²) in [5.41, 5.74) is -0.310. The van der Waals surface area contributed by atoms with Gasteiger partial charge in [-0.1, -0.05) is 6.07 Å². The molecule has 0 atom stereocenters. The number of carbonyl (C=O) groups is 1. The second-order valence-corrected chi connectivity index (χ2v) is 3.06. The summed E-state index contributed by atoms with van der Waals surface area (Å²) in [5, 5.41) is 19.0. The van der Waals surface area contributed by atoms with Gasteiger partial charge < -0.3 is 5.11 Å². The van der Waals surface area contributed by atoms with E-state index in [-0.39, 0.29) is 5.56 Å². The minimum absolute atomic E-state index is 0.0348. The molecule has 0 saturated heterocycles. The van der Waals surface area contributed by atoms with Crippen LogP contribution in [0.25, 0.3) is 6.08 Å². The third-order valence-corrected chi connectivity index (χ3v) is 1.96. The predicted octanol–water partition coefficient (Wildman–Crippen LogP) is 2.14. The maximum atomic E-state index is 13.2. The van der Waals surface area contributed by atoms with Crippen LogP contribution in [0.3, 0.4) is 0 Å². The number of nitrogens with zero attached hydrogens (tertiary/aromatic N) is 1. The first-order valence-electron chi connectivity index (χ1n) is 4.28. The van der Waals surface area contributed by atoms with Gasteiger partial charge in [0.2, 0.25) is 5.82 Å². The molecule has 0 saturated carbocycles. The number of carboxylic acid groups (broad SMARTS) is 1. The lowest BCUT2D eigenvalue weighted by atomic mass is 10.1. The Balaban J connectivity index is 3.40. The molecule has 1 rings (SSSR count). The molecular weight excluding hydrogens is 217 g/mol. The SMILES string of the molecule is Cc1ccc(F)c([N+](=O)[O-])c1/C=C/C(=O)O. The van der Waals surface area contributed by atoms with E-state index in [9.17, 15) is 19.3 Å². The minimum Gasteiger partial charge on any atom is -0.478 e. The van der Waals surface area contributed by atoms with E-state index in [1.54, 1.807) is 0 Å². The van der Waals surface area contributed by atoms with Gasteiger partial charge in [0.25, 0.3) is 0 Å². The standard InChI is InChI=1S/C10H8FNO4/c1-6-2-4-8(11)10(12(15)16)7(6)3-5-9(13)14/h2-5H,1H3,(H,13,14)/b5-3+. The number of aryl methyl sites for hydroxylation is 1. The van der Waals surface area contributed by atoms with Crippen molar-refractivity contribution < 1.29 is 19.2 Å². The van der Waals surface area contributed by atoms with Crippen LogP contribution in [0.5, 0.6) is 0 Å². The first-order chi connectivity index (χ1) is 7.43. The molecule has 5 nitrogen and oxygen atoms in total. The first-order valence-corrected chi connectivity index (χ1v) is 4.28. The van der Waals surface area contributed by atoms with Crippen molar-refractivity contribution in [1.29, 1.82) is 0 Å². The van der Waals surface area contributed by atoms with Gasteiger partial charge in [-0.2, -0.15) is 4.39 Å². The molecule has 0 fully saturated rings. The van der Waals surface area contributed by atoms with Gasteiger partial charge in [-0.15, -0.1) is 0 Å². The molecule has 0 aliphatic carbocycles. The van der Waals surface area contributed by atoms with Crippen LogP contribution in [0.4, 0.5) is 10.1 Å². The summed E-state index contributed by atoms with van der Waals surface area (Å²) in [6.45, 7) is 1.54. The van der Waals surface area contributed by atoms with Gasteiger partial charge in [-0.3, -0.25) is 10.1 Å². The lowest BCUT2D eigenvalue weighted by Gasteiger charge is -2.02. The summed E-state index contributed by atoms with van der Waals surface area (Å²) in [7, 11) is 0. The van der Waals surface area contributed by atoms with Crippen molar-refractivity contribution in [3.63, 3.8) is 0 Å². The number of rotatable bonds is 3. The Morgan fingerprint density at radius 2 is 2.19 bits per heavy atom. The lowest BCUT2D eigenvalue weighted by Crippen LogP contribution is -1.98. The summed E-state index contributed by atoms with van der Waals surface area (Å²) in [6, 6.07) is 2.33. The third-order valence-electron chi connectivity index (χ3n) is 1.96. The topological polar surface area (TPSA) is 80.4 Å². The summed E-state index contributed by atoms with van der Waals surface area (Å²) in [5.74, 6) is -2.24. The van der Waals surface area contributed by atoms with E-state index in [2.05, 4.69) is 0 Å². The fraction of sp³-hybridized carbons (Fsp3) is 0.100. The molecule has 84 valence electrons. The highest BCUT2D eigenvalue weighted by atomic mass is 19.1. The Kier molecular flexibility index (Phi) is 3.34. The quantitative estimate of drug-likeness (QED) is 0.485. The lowest BCUT2D eigenvalue weighted by molar-refractivity contribution is -0.387. The molecule has 0 radical (unpaired) electrons. The molecule has 16 heavy (non-hydrogen) atoms. The van der Waals surface area contributed by atoms with E-state index in [0.29, 0.717) is 5.56 Å². The van der Waals surface area contributed by atoms with Crippen LogP contribution in [0.1, 0.15) is 11.1 Å². The van der Waals surface area contributed by atoms with Crippen molar-refractivity contribution in [2.24, 2.45) is 0 Å². The average molecular weight is 225 g/mol. The van der Waals surface area contributed by atoms with E-state index in [0.717, 1.165) is 18.2 Å². The van der Waals surface area contributed by atoms with E-state index in [4.69, 9.17) is 5.11 Å². The van der Waals surface area contributed by atoms with Crippen LogP contribution in [-0.4, -0.2) is 16.0 Å². The summed E-state index contributed by atoms with van der Waals surface area (Å²) in [6.07, 6.45) is 1.74. The minimum atomic E-state index is -1.25. The van der Waals surface area contributed by atoms with E-state index in [1.807, 2.05) is 0 Å². The van der Waals surface area contributed by atoms with Crippen LogP contribution < -0.4 is 0 Å². The monoisotopic (exact) mass is 225 g/mol. The summed E-state index contributed by atoms with van der Waals surface area (Å²) in [4.78, 5) is 20.1. The largest absolute Gasteiger partial charge is 0.478 e. The van der Waals surface area contributed by atoms with Crippen LogP contribution >= 0.6 is 0 Å². The van der Waals surface area contributed by atoms with Crippen molar-refractivity contribution in [3.05, 3.63) is 45.3 Å². The number of halogens is 1. The second kappa shape index (κ2) is 4.52. The number of nitro benzene ring substituents is 1. The molecule has 0 aliphatic heterocycles. The van der Waals surface area contributed by atoms with E-state index >= 15 is 0 Å². The van der Waals surface area contributed by atoms with Gasteiger partial charge in [0.15, 0.2) is 0 Å². The fourth-order valence-corrected chi connectivity index (χ4v) is 1.23. The number of hydrogen-bond acceptors (Lipinski definition) is 3. The normalized spacial score (nSPS) is 10.6. The Hall–Kier alpha value is -2.24. The maximum absolute atomic E-state index is 13.2. The molecule has 1 N–H and O–H groups in total. The Morgan fingerprint density at radius 1 is 1.56 bits per heavy atom. The second-order valence-electron chi connectivity index (χ2n) is 3.06. The molecule has 0 aliphatic rings. The Labute approximate surface area is 90.0 Å². The zero-order valence-corrected chi connectivity index (χ0v) is 8.31. The van der Waals surface area contributed by atoms with Crippen molar-refractivity contribution in [2.45, 2.75) is 6.92 Å². The van der Waals surface area contributed by atoms with Crippen LogP contribution in [0, 0.1) is 22.9 Å². The van der Waals surface area contributed by atoms with Gasteiger partial charge in [0.05, 0.1) is 10.5 Å². The Morgan fingerprint density at radius 3 is 2.69 bits per heavy atom. The molecule has 0 amide bonds. The van der Waals surface area contributed by atoms with Gasteiger partial charge >= 0.3 is 11.7 Å². The molecule has 1 aromatic carbocycles. The highest BCUT2D eigenvalue weighted by Gasteiger charge is 2.20. The number of carboxylic acids is 1. The number of aliphatic carboxylic acids is 1. The zero-order chi connectivity index (χ0) is 12.3. The smallest absolute Gasteiger partial charge is 0.328 e. The Bertz CT molecular complexity index is 482. The molecule has 0 spiro atoms. The van der Waals surface area contributed by atoms with Gasteiger partial charge in [0, 0.05) is 6.08 Å². The fourth-order valence-electron chi connectivity index (χ4n) is 1.23. The molecular formula is C10H8FNO4. The van der Waals surface area contributed by atoms with Gasteiger partial charge in [-0.25, -0.2) is 4.79 Å². The summed E-state index contributed by atoms with van der Waals surface area (Å²) < 4.78 is 13.2. The molecule has 0 bridgehead atoms. The molecule has 0 heterocycles. The predicted molar refractivity (Wildman–Crippen MR) is 54.5 cm³/mol. The molecule has 1 aromatic rings.